The number of aliphatic hydroxyl groups is 1. The summed E-state index contributed by atoms with van der Waals surface area (Å²) >= 11 is 0. The average molecular weight is 396 g/mol. The average Bonchev–Trinajstić information content (AvgIpc) is 3.22. The summed E-state index contributed by atoms with van der Waals surface area (Å²) in [5.74, 6) is 2.07. The first kappa shape index (κ1) is 18.3. The molecule has 0 saturated carbocycles. The van der Waals surface area contributed by atoms with Gasteiger partial charge in [-0.25, -0.2) is 4.79 Å². The minimum absolute atomic E-state index is 0.162. The number of β-amino-alcohol motifs (C(OH)–C–C–N with tert-alkyl or cyclic N) is 1. The first-order valence-electron chi connectivity index (χ1n) is 10.0. The first-order valence-corrected chi connectivity index (χ1v) is 10.0. The van der Waals surface area contributed by atoms with Crippen molar-refractivity contribution in [3.63, 3.8) is 0 Å². The number of hydrogen-bond donors (Lipinski definition) is 1. The number of aliphatic hydroxyl groups excluding tert-OH is 1. The minimum Gasteiger partial charge on any atom is -0.454 e. The SMILES string of the molecule is O=C1Oc2ccccc2CN1C1CCN(CC(O)c2ccc3c(c2)OCO3)CC1. The highest BCUT2D eigenvalue weighted by Crippen LogP contribution is 2.35. The zero-order chi connectivity index (χ0) is 19.8. The van der Waals surface area contributed by atoms with Crippen molar-refractivity contribution in [3.8, 4) is 17.2 Å². The molecule has 3 aliphatic heterocycles. The van der Waals surface area contributed by atoms with E-state index in [-0.39, 0.29) is 18.9 Å². The standard InChI is InChI=1S/C22H24N2O5/c25-18(15-5-6-20-21(11-15)28-14-27-20)13-23-9-7-17(8-10-23)24-12-16-3-1-2-4-19(16)29-22(24)26/h1-6,11,17-18,25H,7-10,12-14H2. The van der Waals surface area contributed by atoms with Crippen molar-refractivity contribution >= 4 is 6.09 Å². The third kappa shape index (κ3) is 3.63. The highest BCUT2D eigenvalue weighted by Gasteiger charge is 2.33. The number of likely N-dealkylation sites (tertiary alicyclic amines) is 1. The Labute approximate surface area is 169 Å². The van der Waals surface area contributed by atoms with Crippen molar-refractivity contribution in [2.45, 2.75) is 31.5 Å². The second-order valence-electron chi connectivity index (χ2n) is 7.76. The molecule has 0 spiro atoms. The van der Waals surface area contributed by atoms with E-state index in [2.05, 4.69) is 4.90 Å². The fourth-order valence-corrected chi connectivity index (χ4v) is 4.30. The number of ether oxygens (including phenoxy) is 3. The Bertz CT molecular complexity index is 910. The van der Waals surface area contributed by atoms with Crippen molar-refractivity contribution in [2.75, 3.05) is 26.4 Å². The van der Waals surface area contributed by atoms with Crippen molar-refractivity contribution in [2.24, 2.45) is 0 Å². The second-order valence-corrected chi connectivity index (χ2v) is 7.76. The molecule has 7 heteroatoms. The number of hydrogen-bond acceptors (Lipinski definition) is 6. The molecule has 1 atom stereocenters. The number of nitrogens with zero attached hydrogens (tertiary/aromatic N) is 2. The number of rotatable bonds is 4. The summed E-state index contributed by atoms with van der Waals surface area (Å²) < 4.78 is 16.2. The molecule has 0 radical (unpaired) electrons. The molecule has 1 amide bonds. The molecule has 1 N–H and O–H groups in total. The third-order valence-electron chi connectivity index (χ3n) is 5.96. The Morgan fingerprint density at radius 3 is 2.69 bits per heavy atom. The number of amides is 1. The van der Waals surface area contributed by atoms with E-state index in [9.17, 15) is 9.90 Å². The van der Waals surface area contributed by atoms with E-state index in [4.69, 9.17) is 14.2 Å². The van der Waals surface area contributed by atoms with Crippen LogP contribution >= 0.6 is 0 Å². The summed E-state index contributed by atoms with van der Waals surface area (Å²) in [6.45, 7) is 3.04. The zero-order valence-electron chi connectivity index (χ0n) is 16.1. The van der Waals surface area contributed by atoms with Gasteiger partial charge in [0.05, 0.1) is 12.6 Å². The van der Waals surface area contributed by atoms with Gasteiger partial charge in [0.15, 0.2) is 11.5 Å². The number of benzene rings is 2. The van der Waals surface area contributed by atoms with E-state index in [0.717, 1.165) is 42.8 Å². The number of piperidine rings is 1. The highest BCUT2D eigenvalue weighted by molar-refractivity contribution is 5.73. The van der Waals surface area contributed by atoms with Crippen molar-refractivity contribution in [1.29, 1.82) is 0 Å². The van der Waals surface area contributed by atoms with Gasteiger partial charge in [0.1, 0.15) is 5.75 Å². The van der Waals surface area contributed by atoms with Gasteiger partial charge in [-0.05, 0) is 36.6 Å². The van der Waals surface area contributed by atoms with E-state index in [1.54, 1.807) is 0 Å². The number of carbonyl (C=O) groups excluding carboxylic acids is 1. The summed E-state index contributed by atoms with van der Waals surface area (Å²) in [5.41, 5.74) is 1.88. The smallest absolute Gasteiger partial charge is 0.415 e. The Balaban J connectivity index is 1.17. The van der Waals surface area contributed by atoms with Crippen LogP contribution in [0.15, 0.2) is 42.5 Å². The van der Waals surface area contributed by atoms with Crippen molar-refractivity contribution < 1.29 is 24.1 Å². The first-order chi connectivity index (χ1) is 14.2. The van der Waals surface area contributed by atoms with Gasteiger partial charge in [0.2, 0.25) is 6.79 Å². The molecule has 1 unspecified atom stereocenters. The number of carbonyl (C=O) groups is 1. The van der Waals surface area contributed by atoms with Gasteiger partial charge >= 0.3 is 6.09 Å². The lowest BCUT2D eigenvalue weighted by molar-refractivity contribution is 0.0592. The van der Waals surface area contributed by atoms with Crippen molar-refractivity contribution in [3.05, 3.63) is 53.6 Å². The van der Waals surface area contributed by atoms with Gasteiger partial charge in [0.25, 0.3) is 0 Å². The summed E-state index contributed by atoms with van der Waals surface area (Å²) in [5, 5.41) is 10.6. The van der Waals surface area contributed by atoms with Crippen LogP contribution in [0, 0.1) is 0 Å². The van der Waals surface area contributed by atoms with Crippen LogP contribution < -0.4 is 14.2 Å². The fraction of sp³-hybridized carbons (Fsp3) is 0.409. The minimum atomic E-state index is -0.590. The Hall–Kier alpha value is -2.77. The van der Waals surface area contributed by atoms with E-state index in [0.29, 0.717) is 24.6 Å². The lowest BCUT2D eigenvalue weighted by Crippen LogP contribution is -2.49. The molecular weight excluding hydrogens is 372 g/mol. The van der Waals surface area contributed by atoms with Gasteiger partial charge in [0, 0.05) is 31.2 Å². The maximum atomic E-state index is 12.4. The summed E-state index contributed by atoms with van der Waals surface area (Å²) in [4.78, 5) is 16.5. The molecule has 1 fully saturated rings. The Kier molecular flexibility index (Phi) is 4.77. The summed E-state index contributed by atoms with van der Waals surface area (Å²) in [7, 11) is 0. The zero-order valence-corrected chi connectivity index (χ0v) is 16.1. The maximum absolute atomic E-state index is 12.4. The van der Waals surface area contributed by atoms with Gasteiger partial charge in [-0.15, -0.1) is 0 Å². The lowest BCUT2D eigenvalue weighted by Gasteiger charge is -2.40. The summed E-state index contributed by atoms with van der Waals surface area (Å²) in [6.07, 6.45) is 0.881. The van der Waals surface area contributed by atoms with E-state index in [1.807, 2.05) is 47.4 Å². The van der Waals surface area contributed by atoms with E-state index >= 15 is 0 Å². The van der Waals surface area contributed by atoms with E-state index < -0.39 is 6.10 Å². The topological polar surface area (TPSA) is 71.5 Å². The van der Waals surface area contributed by atoms with Crippen LogP contribution in [-0.2, 0) is 6.54 Å². The van der Waals surface area contributed by atoms with Gasteiger partial charge in [-0.2, -0.15) is 0 Å². The van der Waals surface area contributed by atoms with Crippen LogP contribution in [-0.4, -0.2) is 53.5 Å². The molecule has 0 bridgehead atoms. The normalized spacial score (nSPS) is 20.3. The predicted molar refractivity (Wildman–Crippen MR) is 105 cm³/mol. The third-order valence-corrected chi connectivity index (χ3v) is 5.96. The van der Waals surface area contributed by atoms with Gasteiger partial charge < -0.3 is 29.1 Å². The molecule has 152 valence electrons. The van der Waals surface area contributed by atoms with Crippen LogP contribution in [0.1, 0.15) is 30.1 Å². The van der Waals surface area contributed by atoms with E-state index in [1.165, 1.54) is 0 Å². The van der Waals surface area contributed by atoms with Crippen LogP contribution in [0.5, 0.6) is 17.2 Å². The highest BCUT2D eigenvalue weighted by atomic mass is 16.7. The molecule has 1 saturated heterocycles. The van der Waals surface area contributed by atoms with Gasteiger partial charge in [-0.3, -0.25) is 0 Å². The summed E-state index contributed by atoms with van der Waals surface area (Å²) in [6, 6.07) is 13.4. The molecule has 2 aromatic rings. The molecule has 5 rings (SSSR count). The predicted octanol–water partition coefficient (Wildman–Crippen LogP) is 2.93. The molecule has 3 heterocycles. The Morgan fingerprint density at radius 2 is 1.83 bits per heavy atom. The Morgan fingerprint density at radius 1 is 1.03 bits per heavy atom. The van der Waals surface area contributed by atoms with Crippen LogP contribution in [0.25, 0.3) is 0 Å². The molecule has 7 nitrogen and oxygen atoms in total. The molecule has 2 aromatic carbocycles. The number of para-hydroxylation sites is 1. The molecular formula is C22H24N2O5. The van der Waals surface area contributed by atoms with Crippen LogP contribution in [0.3, 0.4) is 0 Å². The number of fused-ring (bicyclic) bond motifs is 2. The molecule has 3 aliphatic rings. The molecule has 0 aliphatic carbocycles. The van der Waals surface area contributed by atoms with Crippen molar-refractivity contribution in [1.82, 2.24) is 9.80 Å². The largest absolute Gasteiger partial charge is 0.454 e. The quantitative estimate of drug-likeness (QED) is 0.857. The fourth-order valence-electron chi connectivity index (χ4n) is 4.30. The van der Waals surface area contributed by atoms with Crippen LogP contribution in [0.4, 0.5) is 4.79 Å². The monoisotopic (exact) mass is 396 g/mol. The second kappa shape index (κ2) is 7.57. The maximum Gasteiger partial charge on any atom is 0.415 e. The van der Waals surface area contributed by atoms with Gasteiger partial charge in [-0.1, -0.05) is 24.3 Å². The lowest BCUT2D eigenvalue weighted by atomic mass is 10.0. The van der Waals surface area contributed by atoms with Crippen LogP contribution in [0.2, 0.25) is 0 Å². The molecule has 29 heavy (non-hydrogen) atoms. The molecule has 0 aromatic heterocycles.